The highest BCUT2D eigenvalue weighted by Crippen LogP contribution is 2.19. The number of pyridine rings is 1. The van der Waals surface area contributed by atoms with Gasteiger partial charge in [0.1, 0.15) is 5.75 Å². The zero-order valence-electron chi connectivity index (χ0n) is 8.07. The largest absolute Gasteiger partial charge is 0.476 e. The van der Waals surface area contributed by atoms with E-state index in [1.54, 1.807) is 18.3 Å². The van der Waals surface area contributed by atoms with Crippen LogP contribution in [0.25, 0.3) is 0 Å². The molecule has 0 bridgehead atoms. The highest BCUT2D eigenvalue weighted by molar-refractivity contribution is 5.87. The third-order valence-electron chi connectivity index (χ3n) is 1.72. The van der Waals surface area contributed by atoms with Crippen molar-refractivity contribution in [1.82, 2.24) is 15.0 Å². The van der Waals surface area contributed by atoms with Crippen LogP contribution in [0, 0.1) is 0 Å². The lowest BCUT2D eigenvalue weighted by Gasteiger charge is -2.05. The van der Waals surface area contributed by atoms with Gasteiger partial charge in [-0.05, 0) is 12.1 Å². The third-order valence-corrected chi connectivity index (χ3v) is 1.72. The maximum absolute atomic E-state index is 10.8. The smallest absolute Gasteiger partial charge is 0.360 e. The lowest BCUT2D eigenvalue weighted by atomic mass is 10.4. The molecule has 2 rings (SSSR count). The Hall–Kier alpha value is -2.50. The van der Waals surface area contributed by atoms with Crippen LogP contribution < -0.4 is 4.74 Å². The van der Waals surface area contributed by atoms with Crippen molar-refractivity contribution in [2.24, 2.45) is 0 Å². The van der Waals surface area contributed by atoms with Gasteiger partial charge >= 0.3 is 5.97 Å². The first-order valence-corrected chi connectivity index (χ1v) is 4.39. The molecular weight excluding hydrogens is 210 g/mol. The van der Waals surface area contributed by atoms with Gasteiger partial charge in [0.05, 0.1) is 6.20 Å². The molecule has 16 heavy (non-hydrogen) atoms. The van der Waals surface area contributed by atoms with Crippen LogP contribution in [-0.2, 0) is 0 Å². The summed E-state index contributed by atoms with van der Waals surface area (Å²) in [6.45, 7) is 0. The molecule has 0 atom stereocenters. The summed E-state index contributed by atoms with van der Waals surface area (Å²) in [4.78, 5) is 22.1. The molecule has 80 valence electrons. The molecule has 0 aliphatic rings. The van der Waals surface area contributed by atoms with Gasteiger partial charge in [-0.25, -0.2) is 14.8 Å². The van der Waals surface area contributed by atoms with Gasteiger partial charge in [-0.15, -0.1) is 0 Å². The normalized spacial score (nSPS) is 9.75. The number of nitrogens with zero attached hydrogens (tertiary/aromatic N) is 3. The SMILES string of the molecule is O=C(O)c1nccnc1Oc1cccnc1. The van der Waals surface area contributed by atoms with Crippen molar-refractivity contribution >= 4 is 5.97 Å². The fourth-order valence-electron chi connectivity index (χ4n) is 1.07. The molecule has 6 nitrogen and oxygen atoms in total. The summed E-state index contributed by atoms with van der Waals surface area (Å²) in [7, 11) is 0. The second-order valence-corrected chi connectivity index (χ2v) is 2.81. The van der Waals surface area contributed by atoms with Crippen LogP contribution >= 0.6 is 0 Å². The lowest BCUT2D eigenvalue weighted by molar-refractivity contribution is 0.0686. The van der Waals surface area contributed by atoms with Crippen LogP contribution in [0.5, 0.6) is 11.6 Å². The average Bonchev–Trinajstić information content (AvgIpc) is 2.31. The number of ether oxygens (including phenoxy) is 1. The predicted molar refractivity (Wildman–Crippen MR) is 53.3 cm³/mol. The molecule has 0 aliphatic carbocycles. The Labute approximate surface area is 90.6 Å². The number of hydrogen-bond donors (Lipinski definition) is 1. The molecule has 0 amide bonds. The minimum absolute atomic E-state index is 0.0528. The molecule has 0 aromatic carbocycles. The van der Waals surface area contributed by atoms with Crippen LogP contribution in [0.1, 0.15) is 10.5 Å². The van der Waals surface area contributed by atoms with Crippen molar-refractivity contribution in [3.05, 3.63) is 42.6 Å². The van der Waals surface area contributed by atoms with Gasteiger partial charge < -0.3 is 9.84 Å². The predicted octanol–water partition coefficient (Wildman–Crippen LogP) is 1.36. The fraction of sp³-hybridized carbons (Fsp3) is 0. The van der Waals surface area contributed by atoms with E-state index in [1.807, 2.05) is 0 Å². The molecule has 0 saturated carbocycles. The van der Waals surface area contributed by atoms with Crippen LogP contribution in [-0.4, -0.2) is 26.0 Å². The standard InChI is InChI=1S/C10H7N3O3/c14-10(15)8-9(13-5-4-12-8)16-7-2-1-3-11-6-7/h1-6H,(H,14,15). The van der Waals surface area contributed by atoms with Gasteiger partial charge in [-0.2, -0.15) is 0 Å². The maximum Gasteiger partial charge on any atom is 0.360 e. The fourth-order valence-corrected chi connectivity index (χ4v) is 1.07. The molecule has 0 fully saturated rings. The molecule has 0 saturated heterocycles. The van der Waals surface area contributed by atoms with Gasteiger partial charge in [-0.3, -0.25) is 4.98 Å². The summed E-state index contributed by atoms with van der Waals surface area (Å²) in [5, 5.41) is 8.85. The van der Waals surface area contributed by atoms with E-state index in [-0.39, 0.29) is 11.6 Å². The third kappa shape index (κ3) is 2.11. The van der Waals surface area contributed by atoms with Gasteiger partial charge in [0, 0.05) is 18.6 Å². The zero-order valence-corrected chi connectivity index (χ0v) is 8.07. The highest BCUT2D eigenvalue weighted by Gasteiger charge is 2.14. The van der Waals surface area contributed by atoms with E-state index in [0.29, 0.717) is 5.75 Å². The van der Waals surface area contributed by atoms with Crippen molar-refractivity contribution in [2.75, 3.05) is 0 Å². The molecule has 0 aliphatic heterocycles. The summed E-state index contributed by atoms with van der Waals surface area (Å²) >= 11 is 0. The monoisotopic (exact) mass is 217 g/mol. The summed E-state index contributed by atoms with van der Waals surface area (Å²) in [6, 6.07) is 3.32. The van der Waals surface area contributed by atoms with E-state index in [1.165, 1.54) is 18.6 Å². The molecule has 0 unspecified atom stereocenters. The Morgan fingerprint density at radius 1 is 1.25 bits per heavy atom. The Balaban J connectivity index is 2.31. The Kier molecular flexibility index (Phi) is 2.73. The van der Waals surface area contributed by atoms with Crippen molar-refractivity contribution in [2.45, 2.75) is 0 Å². The highest BCUT2D eigenvalue weighted by atomic mass is 16.5. The lowest BCUT2D eigenvalue weighted by Crippen LogP contribution is -2.04. The summed E-state index contributed by atoms with van der Waals surface area (Å²) < 4.78 is 5.25. The number of hydrogen-bond acceptors (Lipinski definition) is 5. The quantitative estimate of drug-likeness (QED) is 0.835. The number of carbonyl (C=O) groups is 1. The number of carboxylic acid groups (broad SMARTS) is 1. The molecule has 2 aromatic rings. The van der Waals surface area contributed by atoms with E-state index in [0.717, 1.165) is 0 Å². The molecule has 0 radical (unpaired) electrons. The van der Waals surface area contributed by atoms with Gasteiger partial charge in [0.15, 0.2) is 0 Å². The first-order chi connectivity index (χ1) is 7.77. The Morgan fingerprint density at radius 2 is 2.06 bits per heavy atom. The Bertz CT molecular complexity index is 502. The van der Waals surface area contributed by atoms with Crippen LogP contribution in [0.2, 0.25) is 0 Å². The van der Waals surface area contributed by atoms with E-state index in [4.69, 9.17) is 9.84 Å². The molecule has 2 aromatic heterocycles. The number of carboxylic acids is 1. The molecule has 6 heteroatoms. The van der Waals surface area contributed by atoms with Gasteiger partial charge in [-0.1, -0.05) is 0 Å². The van der Waals surface area contributed by atoms with Crippen molar-refractivity contribution in [3.8, 4) is 11.6 Å². The van der Waals surface area contributed by atoms with Crippen LogP contribution in [0.4, 0.5) is 0 Å². The number of rotatable bonds is 3. The van der Waals surface area contributed by atoms with Gasteiger partial charge in [0.25, 0.3) is 5.88 Å². The van der Waals surface area contributed by atoms with Crippen molar-refractivity contribution in [3.63, 3.8) is 0 Å². The molecule has 1 N–H and O–H groups in total. The van der Waals surface area contributed by atoms with E-state index in [2.05, 4.69) is 15.0 Å². The zero-order chi connectivity index (χ0) is 11.4. The van der Waals surface area contributed by atoms with E-state index >= 15 is 0 Å². The summed E-state index contributed by atoms with van der Waals surface area (Å²) in [5.74, 6) is -0.833. The van der Waals surface area contributed by atoms with E-state index < -0.39 is 5.97 Å². The van der Waals surface area contributed by atoms with Crippen molar-refractivity contribution < 1.29 is 14.6 Å². The number of aromatic nitrogens is 3. The van der Waals surface area contributed by atoms with Crippen LogP contribution in [0.3, 0.4) is 0 Å². The topological polar surface area (TPSA) is 85.2 Å². The summed E-state index contributed by atoms with van der Waals surface area (Å²) in [5.41, 5.74) is -0.230. The number of aromatic carboxylic acids is 1. The van der Waals surface area contributed by atoms with Gasteiger partial charge in [0.2, 0.25) is 5.69 Å². The Morgan fingerprint density at radius 3 is 2.75 bits per heavy atom. The first kappa shape index (κ1) is 10.0. The molecule has 0 spiro atoms. The van der Waals surface area contributed by atoms with Crippen LogP contribution in [0.15, 0.2) is 36.9 Å². The summed E-state index contributed by atoms with van der Waals surface area (Å²) in [6.07, 6.45) is 5.69. The average molecular weight is 217 g/mol. The second kappa shape index (κ2) is 4.35. The van der Waals surface area contributed by atoms with E-state index in [9.17, 15) is 4.79 Å². The minimum atomic E-state index is -1.19. The second-order valence-electron chi connectivity index (χ2n) is 2.81. The van der Waals surface area contributed by atoms with Crippen molar-refractivity contribution in [1.29, 1.82) is 0 Å². The minimum Gasteiger partial charge on any atom is -0.476 e. The first-order valence-electron chi connectivity index (χ1n) is 4.39. The molecule has 2 heterocycles. The molecular formula is C10H7N3O3. The maximum atomic E-state index is 10.8.